The first kappa shape index (κ1) is 13.2. The third-order valence-corrected chi connectivity index (χ3v) is 3.08. The Morgan fingerprint density at radius 3 is 3.11 bits per heavy atom. The summed E-state index contributed by atoms with van der Waals surface area (Å²) >= 11 is 1.30. The van der Waals surface area contributed by atoms with Crippen LogP contribution in [0.3, 0.4) is 0 Å². The number of nitriles is 1. The van der Waals surface area contributed by atoms with Gasteiger partial charge in [-0.15, -0.1) is 0 Å². The van der Waals surface area contributed by atoms with Crippen molar-refractivity contribution in [2.45, 2.75) is 13.0 Å². The average molecular weight is 276 g/mol. The van der Waals surface area contributed by atoms with Crippen molar-refractivity contribution < 1.29 is 9.53 Å². The number of para-hydroxylation sites is 1. The largest absolute Gasteiger partial charge is 0.479 e. The maximum absolute atomic E-state index is 11.6. The topological polar surface area (TPSA) is 86.5 Å². The van der Waals surface area contributed by atoms with E-state index in [1.54, 1.807) is 31.4 Å². The van der Waals surface area contributed by atoms with Crippen molar-refractivity contribution in [3.05, 3.63) is 18.2 Å². The van der Waals surface area contributed by atoms with Crippen LogP contribution in [0.25, 0.3) is 0 Å². The van der Waals surface area contributed by atoms with Crippen molar-refractivity contribution in [2.75, 3.05) is 11.6 Å². The third kappa shape index (κ3) is 2.80. The van der Waals surface area contributed by atoms with E-state index in [9.17, 15) is 4.79 Å². The fourth-order valence-electron chi connectivity index (χ4n) is 1.59. The molecule has 1 aromatic carbocycles. The summed E-state index contributed by atoms with van der Waals surface area (Å²) in [6, 6.07) is 5.29. The van der Waals surface area contributed by atoms with Crippen molar-refractivity contribution in [3.63, 3.8) is 0 Å². The van der Waals surface area contributed by atoms with Crippen LogP contribution in [0.15, 0.2) is 23.2 Å². The molecule has 1 unspecified atom stereocenters. The van der Waals surface area contributed by atoms with Gasteiger partial charge in [0.15, 0.2) is 17.5 Å². The van der Waals surface area contributed by atoms with Crippen LogP contribution in [-0.4, -0.2) is 23.4 Å². The lowest BCUT2D eigenvalue weighted by Gasteiger charge is -2.24. The highest BCUT2D eigenvalue weighted by Gasteiger charge is 2.25. The summed E-state index contributed by atoms with van der Waals surface area (Å²) in [5.41, 5.74) is 1.07. The number of hydrogen-bond donors (Lipinski definition) is 2. The third-order valence-electron chi connectivity index (χ3n) is 2.50. The maximum atomic E-state index is 11.6. The second-order valence-electron chi connectivity index (χ2n) is 3.76. The standard InChI is InChI=1S/C12H12N4O2S/c1-7-11(17)16-10-8(4-3-5-9(10)18-7)15-12(19-2)14-6-13/h3-5,7H,1-2H3,(H,14,15)(H,16,17). The summed E-state index contributed by atoms with van der Waals surface area (Å²) in [5, 5.41) is 14.3. The molecule has 0 aromatic heterocycles. The minimum absolute atomic E-state index is 0.214. The molecule has 0 bridgehead atoms. The molecule has 0 spiro atoms. The van der Waals surface area contributed by atoms with E-state index in [4.69, 9.17) is 10.00 Å². The summed E-state index contributed by atoms with van der Waals surface area (Å²) in [4.78, 5) is 15.9. The maximum Gasteiger partial charge on any atom is 0.265 e. The molecule has 1 aliphatic heterocycles. The van der Waals surface area contributed by atoms with Gasteiger partial charge < -0.3 is 10.1 Å². The highest BCUT2D eigenvalue weighted by molar-refractivity contribution is 8.13. The molecule has 1 heterocycles. The molecule has 0 radical (unpaired) electrons. The van der Waals surface area contributed by atoms with E-state index in [0.29, 0.717) is 22.3 Å². The Kier molecular flexibility index (Phi) is 3.92. The van der Waals surface area contributed by atoms with Crippen LogP contribution in [-0.2, 0) is 4.79 Å². The monoisotopic (exact) mass is 276 g/mol. The van der Waals surface area contributed by atoms with Gasteiger partial charge in [-0.2, -0.15) is 5.26 Å². The molecule has 0 saturated heterocycles. The first-order valence-corrected chi connectivity index (χ1v) is 6.76. The number of ether oxygens (including phenoxy) is 1. The number of amidine groups is 1. The fourth-order valence-corrected chi connectivity index (χ4v) is 1.92. The van der Waals surface area contributed by atoms with Crippen LogP contribution in [0, 0.1) is 11.5 Å². The van der Waals surface area contributed by atoms with Gasteiger partial charge in [-0.05, 0) is 25.3 Å². The van der Waals surface area contributed by atoms with Crippen LogP contribution in [0.2, 0.25) is 0 Å². The first-order valence-electron chi connectivity index (χ1n) is 5.54. The Bertz CT molecular complexity index is 580. The minimum atomic E-state index is -0.524. The molecule has 0 aliphatic carbocycles. The van der Waals surface area contributed by atoms with Gasteiger partial charge in [0, 0.05) is 0 Å². The van der Waals surface area contributed by atoms with Gasteiger partial charge >= 0.3 is 0 Å². The van der Waals surface area contributed by atoms with E-state index < -0.39 is 6.10 Å². The summed E-state index contributed by atoms with van der Waals surface area (Å²) in [6.45, 7) is 1.68. The van der Waals surface area contributed by atoms with Gasteiger partial charge in [0.1, 0.15) is 11.4 Å². The molecule has 0 fully saturated rings. The summed E-state index contributed by atoms with van der Waals surface area (Å²) < 4.78 is 5.49. The van der Waals surface area contributed by atoms with Gasteiger partial charge in [0.05, 0.1) is 5.69 Å². The van der Waals surface area contributed by atoms with Gasteiger partial charge in [-0.3, -0.25) is 10.1 Å². The smallest absolute Gasteiger partial charge is 0.265 e. The molecule has 7 heteroatoms. The number of nitrogens with zero attached hydrogens (tertiary/aromatic N) is 2. The van der Waals surface area contributed by atoms with E-state index in [-0.39, 0.29) is 5.91 Å². The lowest BCUT2D eigenvalue weighted by atomic mass is 10.2. The number of fused-ring (bicyclic) bond motifs is 1. The second kappa shape index (κ2) is 5.63. The van der Waals surface area contributed by atoms with Gasteiger partial charge in [-0.1, -0.05) is 17.8 Å². The molecular weight excluding hydrogens is 264 g/mol. The van der Waals surface area contributed by atoms with Crippen molar-refractivity contribution >= 4 is 34.2 Å². The van der Waals surface area contributed by atoms with Crippen molar-refractivity contribution in [1.82, 2.24) is 5.32 Å². The molecule has 2 N–H and O–H groups in total. The number of benzene rings is 1. The first-order chi connectivity index (χ1) is 9.15. The molecular formula is C12H12N4O2S. The second-order valence-corrected chi connectivity index (χ2v) is 4.55. The Hall–Kier alpha value is -2.20. The lowest BCUT2D eigenvalue weighted by Crippen LogP contribution is -2.34. The normalized spacial score (nSPS) is 17.8. The predicted molar refractivity (Wildman–Crippen MR) is 74.5 cm³/mol. The summed E-state index contributed by atoms with van der Waals surface area (Å²) in [6.07, 6.45) is 3.09. The van der Waals surface area contributed by atoms with Crippen LogP contribution < -0.4 is 15.4 Å². The Morgan fingerprint density at radius 2 is 2.42 bits per heavy atom. The number of aliphatic imine (C=N–C) groups is 1. The molecule has 19 heavy (non-hydrogen) atoms. The molecule has 1 atom stereocenters. The lowest BCUT2D eigenvalue weighted by molar-refractivity contribution is -0.122. The molecule has 1 aliphatic rings. The zero-order valence-corrected chi connectivity index (χ0v) is 11.2. The Labute approximate surface area is 114 Å². The Balaban J connectivity index is 2.41. The SMILES string of the molecule is CSC(=Nc1cccc2c1NC(=O)C(C)O2)NC#N. The van der Waals surface area contributed by atoms with Crippen molar-refractivity contribution in [3.8, 4) is 11.9 Å². The van der Waals surface area contributed by atoms with Gasteiger partial charge in [0.2, 0.25) is 0 Å². The average Bonchev–Trinajstić information content (AvgIpc) is 2.40. The zero-order chi connectivity index (χ0) is 13.8. The number of anilines is 1. The number of rotatable bonds is 1. The highest BCUT2D eigenvalue weighted by Crippen LogP contribution is 2.38. The number of carbonyl (C=O) groups excluding carboxylic acids is 1. The number of amides is 1. The molecule has 98 valence electrons. The molecule has 2 rings (SSSR count). The number of thioether (sulfide) groups is 1. The van der Waals surface area contributed by atoms with Crippen molar-refractivity contribution in [1.29, 1.82) is 5.26 Å². The highest BCUT2D eigenvalue weighted by atomic mass is 32.2. The Morgan fingerprint density at radius 1 is 1.63 bits per heavy atom. The van der Waals surface area contributed by atoms with Crippen LogP contribution in [0.4, 0.5) is 11.4 Å². The van der Waals surface area contributed by atoms with Crippen LogP contribution >= 0.6 is 11.8 Å². The summed E-state index contributed by atoms with van der Waals surface area (Å²) in [5.74, 6) is 0.361. The van der Waals surface area contributed by atoms with E-state index in [1.165, 1.54) is 11.8 Å². The predicted octanol–water partition coefficient (Wildman–Crippen LogP) is 1.83. The molecule has 1 aromatic rings. The van der Waals surface area contributed by atoms with Crippen LogP contribution in [0.5, 0.6) is 5.75 Å². The molecule has 6 nitrogen and oxygen atoms in total. The molecule has 1 amide bonds. The van der Waals surface area contributed by atoms with E-state index >= 15 is 0 Å². The minimum Gasteiger partial charge on any atom is -0.479 e. The number of nitrogens with one attached hydrogen (secondary N) is 2. The number of hydrogen-bond acceptors (Lipinski definition) is 5. The quantitative estimate of drug-likeness (QED) is 0.354. The van der Waals surface area contributed by atoms with E-state index in [1.807, 2.05) is 6.19 Å². The van der Waals surface area contributed by atoms with E-state index in [2.05, 4.69) is 15.6 Å². The summed E-state index contributed by atoms with van der Waals surface area (Å²) in [7, 11) is 0. The molecule has 0 saturated carbocycles. The van der Waals surface area contributed by atoms with Crippen molar-refractivity contribution in [2.24, 2.45) is 4.99 Å². The van der Waals surface area contributed by atoms with Gasteiger partial charge in [0.25, 0.3) is 5.91 Å². The van der Waals surface area contributed by atoms with E-state index in [0.717, 1.165) is 0 Å². The van der Waals surface area contributed by atoms with Crippen LogP contribution in [0.1, 0.15) is 6.92 Å². The fraction of sp³-hybridized carbons (Fsp3) is 0.250. The van der Waals surface area contributed by atoms with Gasteiger partial charge in [-0.25, -0.2) is 4.99 Å². The number of carbonyl (C=O) groups is 1. The zero-order valence-electron chi connectivity index (χ0n) is 10.4.